The Kier molecular flexibility index (Phi) is 4.87. The number of hydrogen-bond donors (Lipinski definition) is 1. The number of anilines is 1. The lowest BCUT2D eigenvalue weighted by Crippen LogP contribution is -2.32. The molecular weight excluding hydrogens is 321 g/mol. The molecule has 0 spiro atoms. The van der Waals surface area contributed by atoms with Crippen LogP contribution < -0.4 is 10.1 Å². The summed E-state index contributed by atoms with van der Waals surface area (Å²) in [6.07, 6.45) is -1.31. The number of halogens is 4. The number of nitrogens with zero attached hydrogens (tertiary/aromatic N) is 1. The number of pyridine rings is 1. The minimum absolute atomic E-state index is 0.201. The van der Waals surface area contributed by atoms with Crippen LogP contribution in [0.4, 0.5) is 18.9 Å². The molecular formula is C14H10ClF3N2O2. The van der Waals surface area contributed by atoms with E-state index >= 15 is 0 Å². The molecule has 1 amide bonds. The van der Waals surface area contributed by atoms with E-state index in [0.717, 1.165) is 6.07 Å². The van der Waals surface area contributed by atoms with Gasteiger partial charge >= 0.3 is 6.11 Å². The first-order valence-corrected chi connectivity index (χ1v) is 6.48. The Morgan fingerprint density at radius 3 is 2.73 bits per heavy atom. The fourth-order valence-electron chi connectivity index (χ4n) is 1.54. The predicted molar refractivity (Wildman–Crippen MR) is 75.0 cm³/mol. The largest absolute Gasteiger partial charge is 0.444 e. The van der Waals surface area contributed by atoms with Gasteiger partial charge in [0.2, 0.25) is 0 Å². The number of hydrogen-bond acceptors (Lipinski definition) is 3. The minimum atomic E-state index is -4.17. The van der Waals surface area contributed by atoms with Crippen molar-refractivity contribution in [3.05, 3.63) is 54.4 Å². The maximum atomic E-state index is 13.1. The molecule has 8 heteroatoms. The van der Waals surface area contributed by atoms with Crippen LogP contribution in [-0.2, 0) is 0 Å². The number of aromatic nitrogens is 1. The molecule has 0 saturated heterocycles. The molecule has 22 heavy (non-hydrogen) atoms. The van der Waals surface area contributed by atoms with Crippen LogP contribution in [0.2, 0.25) is 0 Å². The van der Waals surface area contributed by atoms with Crippen molar-refractivity contribution in [2.75, 3.05) is 5.32 Å². The van der Waals surface area contributed by atoms with E-state index in [1.807, 2.05) is 0 Å². The van der Waals surface area contributed by atoms with Gasteiger partial charge in [-0.15, -0.1) is 0 Å². The molecule has 1 N–H and O–H groups in total. The third-order valence-electron chi connectivity index (χ3n) is 2.52. The Bertz CT molecular complexity index is 654. The Morgan fingerprint density at radius 1 is 1.32 bits per heavy atom. The zero-order valence-corrected chi connectivity index (χ0v) is 11.7. The first kappa shape index (κ1) is 16.1. The molecule has 1 aromatic heterocycles. The Morgan fingerprint density at radius 2 is 2.09 bits per heavy atom. The van der Waals surface area contributed by atoms with Crippen LogP contribution in [0, 0.1) is 0 Å². The number of nitrogens with one attached hydrogen (secondary N) is 1. The van der Waals surface area contributed by atoms with Crippen molar-refractivity contribution in [3.63, 3.8) is 0 Å². The van der Waals surface area contributed by atoms with E-state index in [0.29, 0.717) is 5.56 Å². The molecule has 1 unspecified atom stereocenters. The lowest BCUT2D eigenvalue weighted by molar-refractivity contribution is -0.198. The summed E-state index contributed by atoms with van der Waals surface area (Å²) in [6, 6.07) is 8.27. The fraction of sp³-hybridized carbons (Fsp3) is 0.143. The van der Waals surface area contributed by atoms with Crippen molar-refractivity contribution in [1.82, 2.24) is 4.98 Å². The summed E-state index contributed by atoms with van der Waals surface area (Å²) in [5, 5.41) is 2.48. The highest BCUT2D eigenvalue weighted by atomic mass is 35.5. The topological polar surface area (TPSA) is 51.2 Å². The number of carbonyl (C=O) groups excluding carboxylic acids is 1. The highest BCUT2D eigenvalue weighted by Gasteiger charge is 2.42. The molecule has 0 aliphatic carbocycles. The summed E-state index contributed by atoms with van der Waals surface area (Å²) in [5.41, 5.74) is -2.49. The standard InChI is InChI=1S/C14H10ClF3N2O2/c15-13(16)14(17,18)22-11-5-1-4-10(7-11)20-12(21)9-3-2-6-19-8-9/h1-8,13H,(H,20,21). The van der Waals surface area contributed by atoms with Crippen molar-refractivity contribution in [1.29, 1.82) is 0 Å². The van der Waals surface area contributed by atoms with Gasteiger partial charge in [-0.05, 0) is 24.3 Å². The fourth-order valence-corrected chi connectivity index (χ4v) is 1.58. The number of carbonyl (C=O) groups is 1. The highest BCUT2D eigenvalue weighted by Crippen LogP contribution is 2.30. The van der Waals surface area contributed by atoms with Crippen LogP contribution in [0.5, 0.6) is 5.75 Å². The Hall–Kier alpha value is -2.28. The molecule has 0 fully saturated rings. The van der Waals surface area contributed by atoms with Crippen molar-refractivity contribution in [2.24, 2.45) is 0 Å². The SMILES string of the molecule is O=C(Nc1cccc(OC(F)(F)C(F)Cl)c1)c1cccnc1. The van der Waals surface area contributed by atoms with Crippen LogP contribution in [0.25, 0.3) is 0 Å². The van der Waals surface area contributed by atoms with Gasteiger partial charge in [0, 0.05) is 24.1 Å². The van der Waals surface area contributed by atoms with Crippen LogP contribution in [-0.4, -0.2) is 22.6 Å². The number of ether oxygens (including phenoxy) is 1. The lowest BCUT2D eigenvalue weighted by Gasteiger charge is -2.18. The zero-order valence-electron chi connectivity index (χ0n) is 11.0. The zero-order chi connectivity index (χ0) is 16.2. The molecule has 0 radical (unpaired) electrons. The van der Waals surface area contributed by atoms with Crippen molar-refractivity contribution < 1.29 is 22.7 Å². The van der Waals surface area contributed by atoms with E-state index in [1.54, 1.807) is 6.07 Å². The maximum absolute atomic E-state index is 13.1. The molecule has 1 heterocycles. The summed E-state index contributed by atoms with van der Waals surface area (Å²) in [6.45, 7) is 0. The molecule has 4 nitrogen and oxygen atoms in total. The second kappa shape index (κ2) is 6.65. The van der Waals surface area contributed by atoms with Crippen LogP contribution in [0.15, 0.2) is 48.8 Å². The lowest BCUT2D eigenvalue weighted by atomic mass is 10.2. The van der Waals surface area contributed by atoms with Crippen molar-refractivity contribution in [2.45, 2.75) is 11.7 Å². The monoisotopic (exact) mass is 330 g/mol. The molecule has 116 valence electrons. The Balaban J connectivity index is 2.11. The Labute approximate surface area is 128 Å². The second-order valence-corrected chi connectivity index (χ2v) is 4.57. The molecule has 0 aliphatic heterocycles. The van der Waals surface area contributed by atoms with Crippen LogP contribution in [0.3, 0.4) is 0 Å². The first-order chi connectivity index (χ1) is 10.4. The van der Waals surface area contributed by atoms with Gasteiger partial charge in [0.15, 0.2) is 0 Å². The average molecular weight is 331 g/mol. The minimum Gasteiger partial charge on any atom is -0.429 e. The van der Waals surface area contributed by atoms with Crippen molar-refractivity contribution in [3.8, 4) is 5.75 Å². The van der Waals surface area contributed by atoms with Gasteiger partial charge in [0.1, 0.15) is 5.75 Å². The van der Waals surface area contributed by atoms with E-state index in [2.05, 4.69) is 15.0 Å². The molecule has 2 rings (SSSR count). The van der Waals surface area contributed by atoms with Gasteiger partial charge in [0.25, 0.3) is 11.5 Å². The summed E-state index contributed by atoms with van der Waals surface area (Å²) < 4.78 is 42.8. The first-order valence-electron chi connectivity index (χ1n) is 6.05. The van der Waals surface area contributed by atoms with E-state index in [-0.39, 0.29) is 11.4 Å². The van der Waals surface area contributed by atoms with Gasteiger partial charge in [-0.25, -0.2) is 4.39 Å². The number of alkyl halides is 4. The third kappa shape index (κ3) is 4.11. The predicted octanol–water partition coefficient (Wildman–Crippen LogP) is 3.84. The maximum Gasteiger partial charge on any atom is 0.444 e. The molecule has 1 aromatic carbocycles. The smallest absolute Gasteiger partial charge is 0.429 e. The normalized spacial score (nSPS) is 12.5. The van der Waals surface area contributed by atoms with E-state index in [4.69, 9.17) is 11.6 Å². The quantitative estimate of drug-likeness (QED) is 0.847. The molecule has 0 aliphatic rings. The molecule has 0 saturated carbocycles. The van der Waals surface area contributed by atoms with Gasteiger partial charge < -0.3 is 10.1 Å². The molecule has 0 bridgehead atoms. The van der Waals surface area contributed by atoms with Gasteiger partial charge in [-0.2, -0.15) is 8.78 Å². The van der Waals surface area contributed by atoms with Crippen LogP contribution in [0.1, 0.15) is 10.4 Å². The van der Waals surface area contributed by atoms with Crippen LogP contribution >= 0.6 is 11.6 Å². The van der Waals surface area contributed by atoms with Gasteiger partial charge in [0.05, 0.1) is 5.56 Å². The number of rotatable bonds is 5. The summed E-state index contributed by atoms with van der Waals surface area (Å²) in [7, 11) is 0. The van der Waals surface area contributed by atoms with E-state index in [9.17, 15) is 18.0 Å². The van der Waals surface area contributed by atoms with Gasteiger partial charge in [-0.3, -0.25) is 9.78 Å². The molecule has 1 atom stereocenters. The number of amides is 1. The average Bonchev–Trinajstić information content (AvgIpc) is 2.48. The van der Waals surface area contributed by atoms with E-state index < -0.39 is 17.6 Å². The second-order valence-electron chi connectivity index (χ2n) is 4.19. The molecule has 2 aromatic rings. The van der Waals surface area contributed by atoms with E-state index in [1.165, 1.54) is 36.7 Å². The summed E-state index contributed by atoms with van der Waals surface area (Å²) in [4.78, 5) is 15.7. The third-order valence-corrected chi connectivity index (χ3v) is 2.78. The van der Waals surface area contributed by atoms with Crippen molar-refractivity contribution >= 4 is 23.2 Å². The summed E-state index contributed by atoms with van der Waals surface area (Å²) in [5.74, 6) is -0.810. The van der Waals surface area contributed by atoms with Gasteiger partial charge in [-0.1, -0.05) is 17.7 Å². The highest BCUT2D eigenvalue weighted by molar-refractivity contribution is 6.20. The number of benzene rings is 1. The summed E-state index contributed by atoms with van der Waals surface area (Å²) >= 11 is 4.71.